The zero-order valence-electron chi connectivity index (χ0n) is 17.3. The van der Waals surface area contributed by atoms with Crippen LogP contribution in [0.15, 0.2) is 64.8 Å². The third-order valence-corrected chi connectivity index (χ3v) is 7.06. The van der Waals surface area contributed by atoms with Crippen LogP contribution in [0.1, 0.15) is 29.2 Å². The zero-order valence-corrected chi connectivity index (χ0v) is 18.1. The third-order valence-electron chi connectivity index (χ3n) is 5.63. The highest BCUT2D eigenvalue weighted by molar-refractivity contribution is 7.89. The van der Waals surface area contributed by atoms with Gasteiger partial charge in [-0.1, -0.05) is 18.2 Å². The number of likely N-dealkylation sites (tertiary alicyclic amines) is 1. The number of carbonyl (C=O) groups excluding carboxylic acids is 1. The minimum absolute atomic E-state index is 0.0549. The van der Waals surface area contributed by atoms with Crippen molar-refractivity contribution in [2.45, 2.75) is 23.8 Å². The first-order valence-electron chi connectivity index (χ1n) is 10.2. The van der Waals surface area contributed by atoms with Crippen molar-refractivity contribution in [3.05, 3.63) is 77.0 Å². The lowest BCUT2D eigenvalue weighted by atomic mass is 10.0. The van der Waals surface area contributed by atoms with Gasteiger partial charge in [0.25, 0.3) is 5.91 Å². The number of sulfonamides is 1. The number of hydrogen-bond acceptors (Lipinski definition) is 4. The summed E-state index contributed by atoms with van der Waals surface area (Å²) in [5.74, 6) is -1.31. The van der Waals surface area contributed by atoms with Crippen molar-refractivity contribution < 1.29 is 17.6 Å². The normalized spacial score (nSPS) is 15.2. The van der Waals surface area contributed by atoms with Crippen LogP contribution in [0.5, 0.6) is 0 Å². The molecular formula is C22H23FN4O4S. The molecule has 1 aliphatic heterocycles. The minimum Gasteiger partial charge on any atom is -0.338 e. The average molecular weight is 459 g/mol. The van der Waals surface area contributed by atoms with E-state index in [2.05, 4.69) is 16.3 Å². The molecule has 10 heteroatoms. The summed E-state index contributed by atoms with van der Waals surface area (Å²) < 4.78 is 42.7. The lowest BCUT2D eigenvalue weighted by Gasteiger charge is -2.32. The van der Waals surface area contributed by atoms with Gasteiger partial charge in [-0.05, 0) is 43.2 Å². The Hall–Kier alpha value is -3.24. The number of aromatic amines is 1. The first-order valence-corrected chi connectivity index (χ1v) is 11.7. The number of carbonyl (C=O) groups is 1. The number of hydrogen-bond donors (Lipinski definition) is 2. The van der Waals surface area contributed by atoms with E-state index in [1.54, 1.807) is 9.47 Å². The molecule has 0 atom stereocenters. The molecular weight excluding hydrogens is 435 g/mol. The van der Waals surface area contributed by atoms with Crippen molar-refractivity contribution >= 4 is 27.0 Å². The van der Waals surface area contributed by atoms with Gasteiger partial charge in [0.05, 0.1) is 11.0 Å². The second-order valence-corrected chi connectivity index (χ2v) is 9.36. The van der Waals surface area contributed by atoms with Crippen molar-refractivity contribution in [2.24, 2.45) is 0 Å². The van der Waals surface area contributed by atoms with Crippen LogP contribution in [-0.2, 0) is 10.0 Å². The molecule has 2 heterocycles. The molecule has 0 radical (unpaired) electrons. The van der Waals surface area contributed by atoms with Crippen molar-refractivity contribution in [1.29, 1.82) is 0 Å². The summed E-state index contributed by atoms with van der Waals surface area (Å²) in [6, 6.07) is 10.7. The SMILES string of the molecule is C=CCNS(=O)(=O)c1cc(C(=O)N2CCC(n3c(=O)[nH]c4ccccc43)CC2)ccc1F. The predicted octanol–water partition coefficient (Wildman–Crippen LogP) is 2.41. The monoisotopic (exact) mass is 458 g/mol. The van der Waals surface area contributed by atoms with Gasteiger partial charge in [0.1, 0.15) is 10.7 Å². The molecule has 0 spiro atoms. The van der Waals surface area contributed by atoms with Gasteiger partial charge in [-0.2, -0.15) is 0 Å². The summed E-state index contributed by atoms with van der Waals surface area (Å²) in [6.45, 7) is 4.16. The molecule has 0 bridgehead atoms. The van der Waals surface area contributed by atoms with Crippen LogP contribution in [0.3, 0.4) is 0 Å². The number of nitrogens with zero attached hydrogens (tertiary/aromatic N) is 2. The number of H-pyrrole nitrogens is 1. The van der Waals surface area contributed by atoms with E-state index in [9.17, 15) is 22.4 Å². The first-order chi connectivity index (χ1) is 15.3. The van der Waals surface area contributed by atoms with Crippen LogP contribution in [0.4, 0.5) is 4.39 Å². The molecule has 2 aromatic carbocycles. The summed E-state index contributed by atoms with van der Waals surface area (Å²) in [4.78, 5) is 29.3. The van der Waals surface area contributed by atoms with E-state index in [4.69, 9.17) is 0 Å². The summed E-state index contributed by atoms with van der Waals surface area (Å²) in [5.41, 5.74) is 1.49. The number of aromatic nitrogens is 2. The molecule has 168 valence electrons. The largest absolute Gasteiger partial charge is 0.338 e. The van der Waals surface area contributed by atoms with E-state index in [0.29, 0.717) is 25.9 Å². The zero-order chi connectivity index (χ0) is 22.9. The number of halogens is 1. The third kappa shape index (κ3) is 4.11. The highest BCUT2D eigenvalue weighted by Crippen LogP contribution is 2.26. The van der Waals surface area contributed by atoms with E-state index in [0.717, 1.165) is 23.2 Å². The van der Waals surface area contributed by atoms with Crippen LogP contribution >= 0.6 is 0 Å². The van der Waals surface area contributed by atoms with Crippen LogP contribution in [0.2, 0.25) is 0 Å². The molecule has 1 fully saturated rings. The van der Waals surface area contributed by atoms with Crippen LogP contribution in [0.25, 0.3) is 11.0 Å². The number of benzene rings is 2. The van der Waals surface area contributed by atoms with Gasteiger partial charge in [-0.3, -0.25) is 9.36 Å². The molecule has 1 aromatic heterocycles. The molecule has 0 saturated carbocycles. The second-order valence-electron chi connectivity index (χ2n) is 7.63. The van der Waals surface area contributed by atoms with E-state index < -0.39 is 20.7 Å². The van der Waals surface area contributed by atoms with Gasteiger partial charge in [0.2, 0.25) is 10.0 Å². The number of nitrogens with one attached hydrogen (secondary N) is 2. The van der Waals surface area contributed by atoms with Gasteiger partial charge >= 0.3 is 5.69 Å². The maximum Gasteiger partial charge on any atom is 0.326 e. The van der Waals surface area contributed by atoms with Gasteiger partial charge in [-0.15, -0.1) is 6.58 Å². The molecule has 1 saturated heterocycles. The fraction of sp³-hybridized carbons (Fsp3) is 0.273. The average Bonchev–Trinajstić information content (AvgIpc) is 3.13. The molecule has 2 N–H and O–H groups in total. The number of para-hydroxylation sites is 2. The summed E-state index contributed by atoms with van der Waals surface area (Å²) in [6.07, 6.45) is 2.48. The molecule has 32 heavy (non-hydrogen) atoms. The lowest BCUT2D eigenvalue weighted by molar-refractivity contribution is 0.0694. The minimum atomic E-state index is -4.11. The lowest BCUT2D eigenvalue weighted by Crippen LogP contribution is -2.40. The Balaban J connectivity index is 1.51. The van der Waals surface area contributed by atoms with Crippen LogP contribution in [-0.4, -0.2) is 48.4 Å². The van der Waals surface area contributed by atoms with E-state index in [1.165, 1.54) is 12.1 Å². The molecule has 0 unspecified atom stereocenters. The maximum atomic E-state index is 14.2. The van der Waals surface area contributed by atoms with Crippen molar-refractivity contribution in [1.82, 2.24) is 19.2 Å². The molecule has 4 rings (SSSR count). The van der Waals surface area contributed by atoms with Gasteiger partial charge in [-0.25, -0.2) is 22.3 Å². The van der Waals surface area contributed by atoms with Crippen LogP contribution < -0.4 is 10.4 Å². The number of rotatable bonds is 6. The first kappa shape index (κ1) is 22.0. The standard InChI is InChI=1S/C22H23FN4O4S/c1-2-11-24-32(30,31)20-14-15(7-8-17(20)23)21(28)26-12-9-16(10-13-26)27-19-6-4-3-5-18(19)25-22(27)29/h2-8,14,16,24H,1,9-13H2,(H,25,29). The van der Waals surface area contributed by atoms with E-state index in [-0.39, 0.29) is 29.7 Å². The van der Waals surface area contributed by atoms with Gasteiger partial charge in [0.15, 0.2) is 0 Å². The molecule has 8 nitrogen and oxygen atoms in total. The van der Waals surface area contributed by atoms with Gasteiger partial charge < -0.3 is 9.88 Å². The Labute approximate surface area is 184 Å². The van der Waals surface area contributed by atoms with Crippen molar-refractivity contribution in [3.63, 3.8) is 0 Å². The Morgan fingerprint density at radius 1 is 1.22 bits per heavy atom. The molecule has 1 aliphatic rings. The Kier molecular flexibility index (Phi) is 5.98. The van der Waals surface area contributed by atoms with E-state index in [1.807, 2.05) is 24.3 Å². The van der Waals surface area contributed by atoms with Crippen molar-refractivity contribution in [2.75, 3.05) is 19.6 Å². The number of imidazole rings is 1. The summed E-state index contributed by atoms with van der Waals surface area (Å²) in [7, 11) is -4.11. The summed E-state index contributed by atoms with van der Waals surface area (Å²) in [5, 5.41) is 0. The second kappa shape index (κ2) is 8.71. The highest BCUT2D eigenvalue weighted by atomic mass is 32.2. The van der Waals surface area contributed by atoms with Crippen molar-refractivity contribution in [3.8, 4) is 0 Å². The molecule has 0 aliphatic carbocycles. The fourth-order valence-electron chi connectivity index (χ4n) is 4.04. The summed E-state index contributed by atoms with van der Waals surface area (Å²) >= 11 is 0. The Bertz CT molecular complexity index is 1340. The smallest absolute Gasteiger partial charge is 0.326 e. The highest BCUT2D eigenvalue weighted by Gasteiger charge is 2.28. The predicted molar refractivity (Wildman–Crippen MR) is 119 cm³/mol. The molecule has 1 amide bonds. The Morgan fingerprint density at radius 2 is 1.94 bits per heavy atom. The molecule has 3 aromatic rings. The quantitative estimate of drug-likeness (QED) is 0.554. The van der Waals surface area contributed by atoms with Crippen LogP contribution in [0, 0.1) is 5.82 Å². The number of fused-ring (bicyclic) bond motifs is 1. The van der Waals surface area contributed by atoms with E-state index >= 15 is 0 Å². The maximum absolute atomic E-state index is 14.2. The topological polar surface area (TPSA) is 104 Å². The number of piperidine rings is 1. The fourth-order valence-corrected chi connectivity index (χ4v) is 5.13. The Morgan fingerprint density at radius 3 is 2.66 bits per heavy atom. The number of amides is 1. The van der Waals surface area contributed by atoms with Gasteiger partial charge in [0, 0.05) is 31.2 Å².